The van der Waals surface area contributed by atoms with E-state index in [9.17, 15) is 9.59 Å². The van der Waals surface area contributed by atoms with E-state index in [2.05, 4.69) is 5.32 Å². The topological polar surface area (TPSA) is 58.6 Å². The van der Waals surface area contributed by atoms with E-state index in [4.69, 9.17) is 4.74 Å². The lowest BCUT2D eigenvalue weighted by atomic mass is 9.81. The van der Waals surface area contributed by atoms with Crippen molar-refractivity contribution in [1.82, 2.24) is 10.2 Å². The third-order valence-electron chi connectivity index (χ3n) is 5.78. The summed E-state index contributed by atoms with van der Waals surface area (Å²) in [4.78, 5) is 27.7. The van der Waals surface area contributed by atoms with Crippen molar-refractivity contribution in [1.29, 1.82) is 0 Å². The van der Waals surface area contributed by atoms with Crippen LogP contribution in [0.1, 0.15) is 48.8 Å². The number of amides is 2. The number of urea groups is 1. The number of carbonyl (C=O) groups excluding carboxylic acids is 2. The molecule has 0 radical (unpaired) electrons. The van der Waals surface area contributed by atoms with Crippen LogP contribution in [-0.2, 0) is 29.2 Å². The molecular weight excluding hydrogens is 352 g/mol. The summed E-state index contributed by atoms with van der Waals surface area (Å²) < 4.78 is 5.62. The highest BCUT2D eigenvalue weighted by molar-refractivity contribution is 5.87. The number of nitrogens with zero attached hydrogens (tertiary/aromatic N) is 1. The second kappa shape index (κ2) is 8.05. The maximum atomic E-state index is 13.0. The average molecular weight is 378 g/mol. The summed E-state index contributed by atoms with van der Waals surface area (Å²) in [5, 5.41) is 3.06. The van der Waals surface area contributed by atoms with Gasteiger partial charge in [-0.1, -0.05) is 73.9 Å². The number of rotatable bonds is 4. The van der Waals surface area contributed by atoms with Crippen molar-refractivity contribution in [3.63, 3.8) is 0 Å². The number of carbonyl (C=O) groups is 2. The van der Waals surface area contributed by atoms with Crippen molar-refractivity contribution < 1.29 is 14.3 Å². The smallest absolute Gasteiger partial charge is 0.332 e. The molecule has 0 aromatic heterocycles. The summed E-state index contributed by atoms with van der Waals surface area (Å²) in [7, 11) is 0. The minimum atomic E-state index is -0.918. The molecule has 0 spiro atoms. The van der Waals surface area contributed by atoms with Gasteiger partial charge >= 0.3 is 12.0 Å². The Labute approximate surface area is 165 Å². The number of esters is 1. The van der Waals surface area contributed by atoms with Crippen molar-refractivity contribution in [2.45, 2.75) is 57.3 Å². The lowest BCUT2D eigenvalue weighted by Crippen LogP contribution is -2.58. The molecule has 0 bridgehead atoms. The molecule has 1 fully saturated rings. The maximum absolute atomic E-state index is 13.0. The van der Waals surface area contributed by atoms with Crippen LogP contribution in [0.15, 0.2) is 54.6 Å². The van der Waals surface area contributed by atoms with Gasteiger partial charge in [-0.3, -0.25) is 0 Å². The van der Waals surface area contributed by atoms with Gasteiger partial charge in [0.15, 0.2) is 0 Å². The molecule has 0 atom stereocenters. The van der Waals surface area contributed by atoms with Crippen molar-refractivity contribution in [2.24, 2.45) is 0 Å². The monoisotopic (exact) mass is 378 g/mol. The Kier molecular flexibility index (Phi) is 5.33. The molecule has 1 aliphatic heterocycles. The largest absolute Gasteiger partial charge is 0.459 e. The summed E-state index contributed by atoms with van der Waals surface area (Å²) in [5.41, 5.74) is 2.37. The van der Waals surface area contributed by atoms with Gasteiger partial charge in [0.2, 0.25) is 0 Å². The third-order valence-corrected chi connectivity index (χ3v) is 5.78. The molecule has 2 aromatic carbocycles. The van der Waals surface area contributed by atoms with Gasteiger partial charge in [-0.2, -0.15) is 0 Å². The molecule has 146 valence electrons. The zero-order valence-corrected chi connectivity index (χ0v) is 16.0. The molecule has 2 aromatic rings. The fraction of sp³-hybridized carbons (Fsp3) is 0.391. The zero-order chi connectivity index (χ0) is 19.4. The van der Waals surface area contributed by atoms with Crippen molar-refractivity contribution >= 4 is 12.0 Å². The second-order valence-electron chi connectivity index (χ2n) is 7.76. The highest BCUT2D eigenvalue weighted by atomic mass is 16.5. The molecule has 0 saturated heterocycles. The van der Waals surface area contributed by atoms with E-state index >= 15 is 0 Å². The van der Waals surface area contributed by atoms with Gasteiger partial charge in [0, 0.05) is 13.1 Å². The first kappa shape index (κ1) is 18.5. The predicted octanol–water partition coefficient (Wildman–Crippen LogP) is 4.16. The van der Waals surface area contributed by atoms with Crippen LogP contribution in [0.5, 0.6) is 0 Å². The van der Waals surface area contributed by atoms with Crippen molar-refractivity contribution in [2.75, 3.05) is 0 Å². The number of hydrogen-bond acceptors (Lipinski definition) is 3. The van der Waals surface area contributed by atoms with Gasteiger partial charge in [0.1, 0.15) is 12.1 Å². The van der Waals surface area contributed by atoms with Gasteiger partial charge < -0.3 is 15.0 Å². The van der Waals surface area contributed by atoms with Crippen LogP contribution in [0.4, 0.5) is 4.79 Å². The van der Waals surface area contributed by atoms with E-state index in [0.29, 0.717) is 25.9 Å². The maximum Gasteiger partial charge on any atom is 0.332 e. The van der Waals surface area contributed by atoms with E-state index < -0.39 is 5.54 Å². The Morgan fingerprint density at radius 1 is 0.893 bits per heavy atom. The van der Waals surface area contributed by atoms with Crippen molar-refractivity contribution in [3.8, 4) is 0 Å². The minimum Gasteiger partial charge on any atom is -0.459 e. The number of fused-ring (bicyclic) bond motifs is 1. The van der Waals surface area contributed by atoms with Gasteiger partial charge in [-0.15, -0.1) is 0 Å². The molecule has 5 heteroatoms. The standard InChI is InChI=1S/C23H26N2O3/c26-21(28-17-18-9-3-1-4-10-18)23(13-7-2-8-14-23)24-22(27)25-15-19-11-5-6-12-20(19)16-25/h1,3-6,9-12H,2,7-8,13-17H2,(H,24,27). The summed E-state index contributed by atoms with van der Waals surface area (Å²) in [6.07, 6.45) is 4.18. The van der Waals surface area contributed by atoms with Crippen LogP contribution in [0.2, 0.25) is 0 Å². The highest BCUT2D eigenvalue weighted by Gasteiger charge is 2.43. The molecule has 1 N–H and O–H groups in total. The SMILES string of the molecule is O=C(NC1(C(=O)OCc2ccccc2)CCCCC1)N1Cc2ccccc2C1. The zero-order valence-electron chi connectivity index (χ0n) is 16.0. The molecule has 5 nitrogen and oxygen atoms in total. The normalized spacial score (nSPS) is 17.6. The lowest BCUT2D eigenvalue weighted by molar-refractivity contribution is -0.154. The van der Waals surface area contributed by atoms with Crippen LogP contribution in [-0.4, -0.2) is 22.4 Å². The summed E-state index contributed by atoms with van der Waals surface area (Å²) in [6, 6.07) is 17.5. The van der Waals surface area contributed by atoms with Crippen LogP contribution in [0, 0.1) is 0 Å². The quantitative estimate of drug-likeness (QED) is 0.813. The Morgan fingerprint density at radius 3 is 2.14 bits per heavy atom. The average Bonchev–Trinajstić information content (AvgIpc) is 3.18. The van der Waals surface area contributed by atoms with Crippen LogP contribution in [0.25, 0.3) is 0 Å². The predicted molar refractivity (Wildman–Crippen MR) is 106 cm³/mol. The van der Waals surface area contributed by atoms with E-state index in [-0.39, 0.29) is 18.6 Å². The molecule has 1 heterocycles. The van der Waals surface area contributed by atoms with Gasteiger partial charge in [0.05, 0.1) is 0 Å². The second-order valence-corrected chi connectivity index (χ2v) is 7.76. The van der Waals surface area contributed by atoms with Crippen LogP contribution < -0.4 is 5.32 Å². The van der Waals surface area contributed by atoms with E-state index in [1.165, 1.54) is 11.1 Å². The molecule has 1 aliphatic carbocycles. The molecule has 0 unspecified atom stereocenters. The Balaban J connectivity index is 1.43. The van der Waals surface area contributed by atoms with E-state index in [1.807, 2.05) is 54.6 Å². The van der Waals surface area contributed by atoms with Gasteiger partial charge in [-0.25, -0.2) is 9.59 Å². The van der Waals surface area contributed by atoms with Crippen LogP contribution in [0.3, 0.4) is 0 Å². The molecule has 28 heavy (non-hydrogen) atoms. The highest BCUT2D eigenvalue weighted by Crippen LogP contribution is 2.31. The first-order valence-electron chi connectivity index (χ1n) is 10.0. The van der Waals surface area contributed by atoms with E-state index in [0.717, 1.165) is 24.8 Å². The van der Waals surface area contributed by atoms with E-state index in [1.54, 1.807) is 4.90 Å². The van der Waals surface area contributed by atoms with Gasteiger partial charge in [0.25, 0.3) is 0 Å². The molecule has 1 saturated carbocycles. The molecular formula is C23H26N2O3. The number of benzene rings is 2. The lowest BCUT2D eigenvalue weighted by Gasteiger charge is -2.36. The minimum absolute atomic E-state index is 0.185. The fourth-order valence-electron chi connectivity index (χ4n) is 4.16. The summed E-state index contributed by atoms with van der Waals surface area (Å²) >= 11 is 0. The van der Waals surface area contributed by atoms with Gasteiger partial charge in [-0.05, 0) is 29.5 Å². The Hall–Kier alpha value is -2.82. The molecule has 2 aliphatic rings. The third kappa shape index (κ3) is 3.88. The summed E-state index contributed by atoms with van der Waals surface area (Å²) in [6.45, 7) is 1.39. The number of nitrogens with one attached hydrogen (secondary N) is 1. The Bertz CT molecular complexity index is 819. The molecule has 4 rings (SSSR count). The van der Waals surface area contributed by atoms with Crippen LogP contribution >= 0.6 is 0 Å². The number of hydrogen-bond donors (Lipinski definition) is 1. The summed E-state index contributed by atoms with van der Waals surface area (Å²) in [5.74, 6) is -0.318. The molecule has 2 amide bonds. The first-order valence-corrected chi connectivity index (χ1v) is 10.0. The fourth-order valence-corrected chi connectivity index (χ4v) is 4.16. The Morgan fingerprint density at radius 2 is 1.50 bits per heavy atom. The number of ether oxygens (including phenoxy) is 1. The van der Waals surface area contributed by atoms with Crippen molar-refractivity contribution in [3.05, 3.63) is 71.3 Å². The first-order chi connectivity index (χ1) is 13.7.